The predicted octanol–water partition coefficient (Wildman–Crippen LogP) is 6.23. The van der Waals surface area contributed by atoms with Gasteiger partial charge < -0.3 is 10.6 Å². The first-order valence-corrected chi connectivity index (χ1v) is 10.2. The molecule has 28 heavy (non-hydrogen) atoms. The standard InChI is InChI=1S/C22H25N5S/c1-5-15(4)11-12-17(7-3)26-22-27-21-19(28-22)20(23-14-24-21)25-18-10-8-9-16(6-2)13-18/h5,7-14H,6H2,1-4H3,(H2,23,24,25,26,27)/b12-11-,15-5-,17-7+. The molecular weight excluding hydrogens is 366 g/mol. The summed E-state index contributed by atoms with van der Waals surface area (Å²) in [5, 5.41) is 7.56. The SMILES string of the molecule is C\C=C(C)/C=C\C(=C/C)Nc1nc2ncnc(Nc3cccc(CC)c3)c2s1. The minimum Gasteiger partial charge on any atom is -0.339 e. The number of benzene rings is 1. The van der Waals surface area contributed by atoms with E-state index in [4.69, 9.17) is 0 Å². The molecule has 0 saturated carbocycles. The zero-order valence-corrected chi connectivity index (χ0v) is 17.5. The quantitative estimate of drug-likeness (QED) is 0.467. The van der Waals surface area contributed by atoms with E-state index in [1.165, 1.54) is 22.5 Å². The summed E-state index contributed by atoms with van der Waals surface area (Å²) in [4.78, 5) is 13.4. The summed E-state index contributed by atoms with van der Waals surface area (Å²) in [5.41, 5.74) is 5.17. The lowest BCUT2D eigenvalue weighted by Crippen LogP contribution is -1.96. The van der Waals surface area contributed by atoms with Gasteiger partial charge in [0.1, 0.15) is 11.0 Å². The van der Waals surface area contributed by atoms with Gasteiger partial charge in [-0.15, -0.1) is 0 Å². The van der Waals surface area contributed by atoms with Gasteiger partial charge in [-0.3, -0.25) is 0 Å². The van der Waals surface area contributed by atoms with Gasteiger partial charge in [0.15, 0.2) is 16.6 Å². The molecule has 0 fully saturated rings. The Morgan fingerprint density at radius 1 is 1.14 bits per heavy atom. The van der Waals surface area contributed by atoms with Crippen molar-refractivity contribution in [2.24, 2.45) is 0 Å². The Labute approximate surface area is 170 Å². The molecule has 3 rings (SSSR count). The zero-order valence-electron chi connectivity index (χ0n) is 16.7. The Morgan fingerprint density at radius 2 is 2.00 bits per heavy atom. The lowest BCUT2D eigenvalue weighted by Gasteiger charge is -2.07. The number of allylic oxidation sites excluding steroid dienone is 5. The number of nitrogens with one attached hydrogen (secondary N) is 2. The van der Waals surface area contributed by atoms with Crippen molar-refractivity contribution < 1.29 is 0 Å². The van der Waals surface area contributed by atoms with Crippen molar-refractivity contribution in [1.82, 2.24) is 15.0 Å². The van der Waals surface area contributed by atoms with E-state index in [2.05, 4.69) is 69.8 Å². The summed E-state index contributed by atoms with van der Waals surface area (Å²) in [6.07, 6.45) is 10.8. The molecule has 5 nitrogen and oxygen atoms in total. The number of hydrogen-bond donors (Lipinski definition) is 2. The molecule has 2 N–H and O–H groups in total. The second kappa shape index (κ2) is 9.28. The number of hydrogen-bond acceptors (Lipinski definition) is 6. The highest BCUT2D eigenvalue weighted by Gasteiger charge is 2.11. The molecule has 144 valence electrons. The van der Waals surface area contributed by atoms with Gasteiger partial charge in [-0.25, -0.2) is 9.97 Å². The zero-order chi connectivity index (χ0) is 19.9. The van der Waals surface area contributed by atoms with Gasteiger partial charge in [0.05, 0.1) is 0 Å². The van der Waals surface area contributed by atoms with E-state index >= 15 is 0 Å². The minimum absolute atomic E-state index is 0.681. The Morgan fingerprint density at radius 3 is 2.75 bits per heavy atom. The van der Waals surface area contributed by atoms with E-state index in [1.54, 1.807) is 6.33 Å². The number of aromatic nitrogens is 3. The molecule has 0 atom stereocenters. The van der Waals surface area contributed by atoms with Gasteiger partial charge in [-0.2, -0.15) is 4.98 Å². The second-order valence-corrected chi connectivity index (χ2v) is 7.31. The summed E-state index contributed by atoms with van der Waals surface area (Å²) >= 11 is 1.54. The van der Waals surface area contributed by atoms with Crippen molar-refractivity contribution in [2.45, 2.75) is 34.1 Å². The Bertz CT molecular complexity index is 1050. The fraction of sp³-hybridized carbons (Fsp3) is 0.227. The third-order valence-corrected chi connectivity index (χ3v) is 5.30. The van der Waals surface area contributed by atoms with Crippen LogP contribution in [-0.2, 0) is 6.42 Å². The van der Waals surface area contributed by atoms with Crippen molar-refractivity contribution in [3.05, 3.63) is 71.7 Å². The van der Waals surface area contributed by atoms with Gasteiger partial charge in [-0.05, 0) is 51.0 Å². The van der Waals surface area contributed by atoms with Crippen LogP contribution in [-0.4, -0.2) is 15.0 Å². The summed E-state index contributed by atoms with van der Waals surface area (Å²) in [5.74, 6) is 0.770. The summed E-state index contributed by atoms with van der Waals surface area (Å²) in [6, 6.07) is 8.35. The topological polar surface area (TPSA) is 62.7 Å². The Balaban J connectivity index is 1.85. The predicted molar refractivity (Wildman–Crippen MR) is 120 cm³/mol. The fourth-order valence-electron chi connectivity index (χ4n) is 2.55. The second-order valence-electron chi connectivity index (χ2n) is 6.31. The highest BCUT2D eigenvalue weighted by molar-refractivity contribution is 7.22. The maximum atomic E-state index is 4.61. The Kier molecular flexibility index (Phi) is 6.55. The van der Waals surface area contributed by atoms with E-state index in [9.17, 15) is 0 Å². The van der Waals surface area contributed by atoms with Crippen molar-refractivity contribution in [3.63, 3.8) is 0 Å². The average Bonchev–Trinajstić information content (AvgIpc) is 3.14. The normalized spacial score (nSPS) is 12.7. The summed E-state index contributed by atoms with van der Waals surface area (Å²) < 4.78 is 0.927. The molecule has 2 aromatic heterocycles. The maximum Gasteiger partial charge on any atom is 0.189 e. The van der Waals surface area contributed by atoms with Gasteiger partial charge in [0.25, 0.3) is 0 Å². The number of aryl methyl sites for hydroxylation is 1. The van der Waals surface area contributed by atoms with Crippen LogP contribution in [0.15, 0.2) is 66.2 Å². The molecule has 0 bridgehead atoms. The molecule has 0 aliphatic heterocycles. The molecule has 0 aliphatic carbocycles. The van der Waals surface area contributed by atoms with Crippen molar-refractivity contribution in [3.8, 4) is 0 Å². The van der Waals surface area contributed by atoms with Gasteiger partial charge >= 0.3 is 0 Å². The third kappa shape index (κ3) is 4.84. The molecular formula is C22H25N5S. The number of rotatable bonds is 7. The molecule has 0 aliphatic rings. The van der Waals surface area contributed by atoms with E-state index in [1.807, 2.05) is 32.1 Å². The van der Waals surface area contributed by atoms with Crippen LogP contribution in [0.5, 0.6) is 0 Å². The first kappa shape index (κ1) is 19.8. The lowest BCUT2D eigenvalue weighted by molar-refractivity contribution is 1.14. The number of nitrogens with zero attached hydrogens (tertiary/aromatic N) is 3. The van der Waals surface area contributed by atoms with Crippen LogP contribution in [0, 0.1) is 0 Å². The van der Waals surface area contributed by atoms with E-state index in [0.29, 0.717) is 5.65 Å². The molecule has 6 heteroatoms. The molecule has 2 heterocycles. The van der Waals surface area contributed by atoms with Crippen LogP contribution in [0.4, 0.5) is 16.6 Å². The number of anilines is 3. The van der Waals surface area contributed by atoms with Crippen LogP contribution < -0.4 is 10.6 Å². The van der Waals surface area contributed by atoms with Gasteiger partial charge in [-0.1, -0.05) is 54.2 Å². The van der Waals surface area contributed by atoms with E-state index in [-0.39, 0.29) is 0 Å². The van der Waals surface area contributed by atoms with Crippen LogP contribution in [0.2, 0.25) is 0 Å². The molecule has 0 radical (unpaired) electrons. The fourth-order valence-corrected chi connectivity index (χ4v) is 3.44. The highest BCUT2D eigenvalue weighted by atomic mass is 32.1. The highest BCUT2D eigenvalue weighted by Crippen LogP contribution is 2.32. The van der Waals surface area contributed by atoms with Crippen LogP contribution >= 0.6 is 11.3 Å². The van der Waals surface area contributed by atoms with Crippen LogP contribution in [0.1, 0.15) is 33.3 Å². The molecule has 1 aromatic carbocycles. The largest absolute Gasteiger partial charge is 0.339 e. The van der Waals surface area contributed by atoms with E-state index in [0.717, 1.165) is 33.5 Å². The minimum atomic E-state index is 0.681. The lowest BCUT2D eigenvalue weighted by atomic mass is 10.1. The maximum absolute atomic E-state index is 4.61. The first-order chi connectivity index (χ1) is 13.6. The van der Waals surface area contributed by atoms with Crippen LogP contribution in [0.25, 0.3) is 10.3 Å². The molecule has 0 spiro atoms. The van der Waals surface area contributed by atoms with Crippen molar-refractivity contribution >= 4 is 38.3 Å². The van der Waals surface area contributed by atoms with Crippen LogP contribution in [0.3, 0.4) is 0 Å². The third-order valence-electron chi connectivity index (χ3n) is 4.33. The molecule has 0 amide bonds. The number of thiazole rings is 1. The summed E-state index contributed by atoms with van der Waals surface area (Å²) in [6.45, 7) is 8.24. The monoisotopic (exact) mass is 391 g/mol. The summed E-state index contributed by atoms with van der Waals surface area (Å²) in [7, 11) is 0. The van der Waals surface area contributed by atoms with Gasteiger partial charge in [0, 0.05) is 11.4 Å². The van der Waals surface area contributed by atoms with Crippen molar-refractivity contribution in [2.75, 3.05) is 10.6 Å². The van der Waals surface area contributed by atoms with E-state index < -0.39 is 0 Å². The molecule has 0 saturated heterocycles. The molecule has 3 aromatic rings. The van der Waals surface area contributed by atoms with Gasteiger partial charge in [0.2, 0.25) is 0 Å². The van der Waals surface area contributed by atoms with Crippen molar-refractivity contribution in [1.29, 1.82) is 0 Å². The number of fused-ring (bicyclic) bond motifs is 1. The Hall–Kier alpha value is -2.99. The smallest absolute Gasteiger partial charge is 0.189 e. The molecule has 0 unspecified atom stereocenters. The average molecular weight is 392 g/mol. The first-order valence-electron chi connectivity index (χ1n) is 9.34.